The predicted octanol–water partition coefficient (Wildman–Crippen LogP) is 3.83. The molecule has 7 nitrogen and oxygen atoms in total. The molecular weight excluding hydrogens is 364 g/mol. The number of amides is 2. The topological polar surface area (TPSA) is 84.4 Å². The van der Waals surface area contributed by atoms with Crippen LogP contribution < -0.4 is 10.2 Å². The standard InChI is InChI=1S/C19H24N4O3S/c1-10(2)26-19(25)20-16-8-11(3)23(13(5)24)17-7-6-14(9-15(16)17)18-22-21-12(4)27-18/h6-7,9-11,16H,8H2,1-5H3,(H,20,25). The van der Waals surface area contributed by atoms with E-state index in [1.165, 1.54) is 11.3 Å². The Balaban J connectivity index is 2.01. The fourth-order valence-corrected chi connectivity index (χ4v) is 4.11. The fraction of sp³-hybridized carbons (Fsp3) is 0.474. The summed E-state index contributed by atoms with van der Waals surface area (Å²) in [5.41, 5.74) is 2.61. The van der Waals surface area contributed by atoms with Gasteiger partial charge in [-0.3, -0.25) is 4.79 Å². The van der Waals surface area contributed by atoms with Gasteiger partial charge in [0.2, 0.25) is 5.91 Å². The van der Waals surface area contributed by atoms with Crippen LogP contribution in [0.5, 0.6) is 0 Å². The number of ether oxygens (including phenoxy) is 1. The zero-order valence-electron chi connectivity index (χ0n) is 16.1. The van der Waals surface area contributed by atoms with Crippen molar-refractivity contribution in [1.82, 2.24) is 15.5 Å². The summed E-state index contributed by atoms with van der Waals surface area (Å²) in [5.74, 6) is -0.0218. The van der Waals surface area contributed by atoms with Crippen LogP contribution in [0.3, 0.4) is 0 Å². The Labute approximate surface area is 162 Å². The molecule has 2 atom stereocenters. The molecule has 0 aliphatic carbocycles. The van der Waals surface area contributed by atoms with Gasteiger partial charge in [0.1, 0.15) is 10.0 Å². The lowest BCUT2D eigenvalue weighted by molar-refractivity contribution is -0.117. The lowest BCUT2D eigenvalue weighted by atomic mass is 9.90. The van der Waals surface area contributed by atoms with E-state index >= 15 is 0 Å². The van der Waals surface area contributed by atoms with Gasteiger partial charge in [-0.15, -0.1) is 10.2 Å². The normalized spacial score (nSPS) is 19.0. The van der Waals surface area contributed by atoms with Gasteiger partial charge in [-0.05, 0) is 57.9 Å². The van der Waals surface area contributed by atoms with Gasteiger partial charge in [-0.2, -0.15) is 0 Å². The summed E-state index contributed by atoms with van der Waals surface area (Å²) in [6.07, 6.45) is -0.0465. The second kappa shape index (κ2) is 7.64. The first-order valence-electron chi connectivity index (χ1n) is 8.97. The third-order valence-corrected chi connectivity index (χ3v) is 5.31. The van der Waals surface area contributed by atoms with Crippen LogP contribution in [-0.4, -0.2) is 34.3 Å². The maximum atomic E-state index is 12.2. The van der Waals surface area contributed by atoms with Crippen molar-refractivity contribution in [3.05, 3.63) is 28.8 Å². The Bertz CT molecular complexity index is 864. The van der Waals surface area contributed by atoms with Gasteiger partial charge in [0, 0.05) is 24.2 Å². The summed E-state index contributed by atoms with van der Waals surface area (Å²) >= 11 is 1.51. The first-order chi connectivity index (χ1) is 12.8. The first-order valence-corrected chi connectivity index (χ1v) is 9.79. The maximum absolute atomic E-state index is 12.2. The third-order valence-electron chi connectivity index (χ3n) is 4.43. The number of hydrogen-bond donors (Lipinski definition) is 1. The second-order valence-corrected chi connectivity index (χ2v) is 8.21. The van der Waals surface area contributed by atoms with Crippen LogP contribution in [0, 0.1) is 6.92 Å². The quantitative estimate of drug-likeness (QED) is 0.864. The third kappa shape index (κ3) is 4.10. The minimum absolute atomic E-state index is 0.0218. The number of benzene rings is 1. The molecule has 8 heteroatoms. The molecule has 1 N–H and O–H groups in total. The molecule has 0 radical (unpaired) electrons. The molecule has 0 saturated heterocycles. The van der Waals surface area contributed by atoms with Crippen molar-refractivity contribution in [2.45, 2.75) is 59.2 Å². The van der Waals surface area contributed by atoms with Gasteiger partial charge in [0.15, 0.2) is 0 Å². The van der Waals surface area contributed by atoms with E-state index in [1.54, 1.807) is 11.8 Å². The zero-order valence-corrected chi connectivity index (χ0v) is 17.0. The van der Waals surface area contributed by atoms with Crippen molar-refractivity contribution in [2.24, 2.45) is 0 Å². The largest absolute Gasteiger partial charge is 0.447 e. The summed E-state index contributed by atoms with van der Waals surface area (Å²) in [6.45, 7) is 9.07. The SMILES string of the molecule is CC(=O)N1c2ccc(-c3nnc(C)s3)cc2C(NC(=O)OC(C)C)CC1C. The molecule has 144 valence electrons. The summed E-state index contributed by atoms with van der Waals surface area (Å²) in [4.78, 5) is 26.2. The summed E-state index contributed by atoms with van der Waals surface area (Å²) in [6, 6.07) is 5.56. The van der Waals surface area contributed by atoms with E-state index in [0.29, 0.717) is 6.42 Å². The number of aryl methyl sites for hydroxylation is 1. The molecule has 0 fully saturated rings. The van der Waals surface area contributed by atoms with E-state index in [0.717, 1.165) is 26.8 Å². The highest BCUT2D eigenvalue weighted by atomic mass is 32.1. The Morgan fingerprint density at radius 2 is 2.07 bits per heavy atom. The van der Waals surface area contributed by atoms with Gasteiger partial charge < -0.3 is 15.0 Å². The van der Waals surface area contributed by atoms with Crippen LogP contribution >= 0.6 is 11.3 Å². The molecule has 1 aliphatic heterocycles. The molecule has 2 aromatic rings. The number of alkyl carbamates (subject to hydrolysis) is 1. The number of fused-ring (bicyclic) bond motifs is 1. The Morgan fingerprint density at radius 1 is 1.33 bits per heavy atom. The van der Waals surface area contributed by atoms with Gasteiger partial charge in [0.25, 0.3) is 0 Å². The molecule has 0 saturated carbocycles. The molecule has 3 rings (SSSR count). The van der Waals surface area contributed by atoms with E-state index in [1.807, 2.05) is 45.9 Å². The summed E-state index contributed by atoms with van der Waals surface area (Å²) < 4.78 is 5.24. The van der Waals surface area contributed by atoms with Crippen LogP contribution in [0.2, 0.25) is 0 Å². The zero-order chi connectivity index (χ0) is 19.7. The van der Waals surface area contributed by atoms with E-state index < -0.39 is 6.09 Å². The highest BCUT2D eigenvalue weighted by molar-refractivity contribution is 7.14. The van der Waals surface area contributed by atoms with Crippen molar-refractivity contribution in [3.63, 3.8) is 0 Å². The van der Waals surface area contributed by atoms with Crippen molar-refractivity contribution < 1.29 is 14.3 Å². The second-order valence-electron chi connectivity index (χ2n) is 7.02. The fourth-order valence-electron chi connectivity index (χ4n) is 3.42. The van der Waals surface area contributed by atoms with Crippen LogP contribution in [-0.2, 0) is 9.53 Å². The van der Waals surface area contributed by atoms with Crippen LogP contribution in [0.15, 0.2) is 18.2 Å². The number of anilines is 1. The maximum Gasteiger partial charge on any atom is 0.407 e. The lowest BCUT2D eigenvalue weighted by Crippen LogP contribution is -2.45. The van der Waals surface area contributed by atoms with Crippen LogP contribution in [0.25, 0.3) is 10.6 Å². The van der Waals surface area contributed by atoms with Crippen molar-refractivity contribution >= 4 is 29.0 Å². The van der Waals surface area contributed by atoms with Gasteiger partial charge in [-0.25, -0.2) is 4.79 Å². The van der Waals surface area contributed by atoms with Gasteiger partial charge >= 0.3 is 6.09 Å². The minimum Gasteiger partial charge on any atom is -0.447 e. The van der Waals surface area contributed by atoms with Gasteiger partial charge in [-0.1, -0.05) is 11.3 Å². The number of rotatable bonds is 3. The Morgan fingerprint density at radius 3 is 2.67 bits per heavy atom. The summed E-state index contributed by atoms with van der Waals surface area (Å²) in [5, 5.41) is 12.9. The Hall–Kier alpha value is -2.48. The van der Waals surface area contributed by atoms with E-state index in [9.17, 15) is 9.59 Å². The smallest absolute Gasteiger partial charge is 0.407 e. The predicted molar refractivity (Wildman–Crippen MR) is 105 cm³/mol. The minimum atomic E-state index is -0.457. The van der Waals surface area contributed by atoms with Crippen molar-refractivity contribution in [2.75, 3.05) is 4.90 Å². The Kier molecular flexibility index (Phi) is 5.46. The first kappa shape index (κ1) is 19.3. The molecule has 2 unspecified atom stereocenters. The van der Waals surface area contributed by atoms with E-state index in [4.69, 9.17) is 4.74 Å². The number of nitrogens with one attached hydrogen (secondary N) is 1. The average Bonchev–Trinajstić information content (AvgIpc) is 2.99. The highest BCUT2D eigenvalue weighted by Crippen LogP contribution is 2.40. The number of carbonyl (C=O) groups is 2. The van der Waals surface area contributed by atoms with Gasteiger partial charge in [0.05, 0.1) is 12.1 Å². The molecule has 0 spiro atoms. The van der Waals surface area contributed by atoms with E-state index in [2.05, 4.69) is 15.5 Å². The number of nitrogens with zero attached hydrogens (tertiary/aromatic N) is 3. The van der Waals surface area contributed by atoms with Crippen molar-refractivity contribution in [1.29, 1.82) is 0 Å². The number of carbonyl (C=O) groups excluding carboxylic acids is 2. The highest BCUT2D eigenvalue weighted by Gasteiger charge is 2.34. The molecule has 0 bridgehead atoms. The molecule has 27 heavy (non-hydrogen) atoms. The van der Waals surface area contributed by atoms with Crippen molar-refractivity contribution in [3.8, 4) is 10.6 Å². The average molecular weight is 388 g/mol. The number of aromatic nitrogens is 2. The van der Waals surface area contributed by atoms with Crippen LogP contribution in [0.1, 0.15) is 50.7 Å². The molecule has 1 aliphatic rings. The molecule has 2 amide bonds. The molecule has 1 aromatic carbocycles. The molecule has 2 heterocycles. The molecule has 1 aromatic heterocycles. The van der Waals surface area contributed by atoms with Crippen LogP contribution in [0.4, 0.5) is 10.5 Å². The monoisotopic (exact) mass is 388 g/mol. The molecular formula is C19H24N4O3S. The number of hydrogen-bond acceptors (Lipinski definition) is 6. The lowest BCUT2D eigenvalue weighted by Gasteiger charge is -2.39. The summed E-state index contributed by atoms with van der Waals surface area (Å²) in [7, 11) is 0. The van der Waals surface area contributed by atoms with E-state index in [-0.39, 0.29) is 24.1 Å².